The van der Waals surface area contributed by atoms with Gasteiger partial charge < -0.3 is 29.4 Å². The summed E-state index contributed by atoms with van der Waals surface area (Å²) in [5.41, 5.74) is 0.604. The van der Waals surface area contributed by atoms with Crippen LogP contribution in [0.3, 0.4) is 0 Å². The Kier molecular flexibility index (Phi) is 4.67. The molecule has 1 aromatic carbocycles. The van der Waals surface area contributed by atoms with Gasteiger partial charge in [-0.05, 0) is 30.3 Å². The normalized spacial score (nSPS) is 23.8. The first-order chi connectivity index (χ1) is 12.7. The molecule has 138 valence electrons. The molecule has 1 spiro atoms. The standard InChI is InChI=1S/C19H23N3O4/c23-17-4-3-15(21-6-1-2-7-21)11-16(17)18(24)22-8-10-26-19(13-22)12-20-5-9-25-14-19/h1-4,6-7,11,20,23H,5,8-10,12-14H2. The molecular formula is C19H23N3O4. The minimum absolute atomic E-state index is 0.0123. The average Bonchev–Trinajstić information content (AvgIpc) is 3.11. The monoisotopic (exact) mass is 357 g/mol. The number of phenols is 1. The molecule has 7 nitrogen and oxygen atoms in total. The van der Waals surface area contributed by atoms with Crippen molar-refractivity contribution in [1.82, 2.24) is 14.8 Å². The zero-order chi connectivity index (χ0) is 18.0. The van der Waals surface area contributed by atoms with E-state index in [2.05, 4.69) is 5.32 Å². The number of aromatic nitrogens is 1. The fourth-order valence-electron chi connectivity index (χ4n) is 3.52. The Balaban J connectivity index is 1.58. The Bertz CT molecular complexity index is 767. The van der Waals surface area contributed by atoms with Crippen molar-refractivity contribution in [3.05, 3.63) is 48.3 Å². The van der Waals surface area contributed by atoms with Crippen LogP contribution in [-0.2, 0) is 9.47 Å². The van der Waals surface area contributed by atoms with Gasteiger partial charge in [0.05, 0.1) is 31.9 Å². The molecule has 2 aliphatic heterocycles. The van der Waals surface area contributed by atoms with E-state index in [1.807, 2.05) is 29.1 Å². The highest BCUT2D eigenvalue weighted by molar-refractivity contribution is 5.97. The van der Waals surface area contributed by atoms with E-state index in [9.17, 15) is 9.90 Å². The van der Waals surface area contributed by atoms with Crippen molar-refractivity contribution in [3.63, 3.8) is 0 Å². The number of ether oxygens (including phenoxy) is 2. The largest absolute Gasteiger partial charge is 0.507 e. The van der Waals surface area contributed by atoms with Crippen LogP contribution in [0.2, 0.25) is 0 Å². The molecule has 1 atom stereocenters. The molecule has 2 fully saturated rings. The fourth-order valence-corrected chi connectivity index (χ4v) is 3.52. The quantitative estimate of drug-likeness (QED) is 0.839. The minimum Gasteiger partial charge on any atom is -0.507 e. The number of phenolic OH excluding ortho intramolecular Hbond substituents is 1. The maximum absolute atomic E-state index is 13.1. The number of hydrogen-bond acceptors (Lipinski definition) is 5. The lowest BCUT2D eigenvalue weighted by Crippen LogP contribution is -2.59. The van der Waals surface area contributed by atoms with Crippen molar-refractivity contribution in [3.8, 4) is 11.4 Å². The molecule has 7 heteroatoms. The van der Waals surface area contributed by atoms with E-state index in [1.165, 1.54) is 0 Å². The third-order valence-corrected chi connectivity index (χ3v) is 4.88. The number of nitrogens with zero attached hydrogens (tertiary/aromatic N) is 2. The van der Waals surface area contributed by atoms with Gasteiger partial charge in [-0.3, -0.25) is 4.79 Å². The highest BCUT2D eigenvalue weighted by Crippen LogP contribution is 2.26. The van der Waals surface area contributed by atoms with Gasteiger partial charge in [-0.25, -0.2) is 0 Å². The van der Waals surface area contributed by atoms with Crippen LogP contribution in [0.15, 0.2) is 42.7 Å². The molecule has 2 saturated heterocycles. The summed E-state index contributed by atoms with van der Waals surface area (Å²) in [6, 6.07) is 8.91. The van der Waals surface area contributed by atoms with Crippen LogP contribution >= 0.6 is 0 Å². The summed E-state index contributed by atoms with van der Waals surface area (Å²) in [5, 5.41) is 13.6. The first kappa shape index (κ1) is 17.1. The summed E-state index contributed by atoms with van der Waals surface area (Å²) >= 11 is 0. The van der Waals surface area contributed by atoms with Crippen molar-refractivity contribution in [1.29, 1.82) is 0 Å². The van der Waals surface area contributed by atoms with E-state index in [1.54, 1.807) is 23.1 Å². The Morgan fingerprint density at radius 1 is 1.23 bits per heavy atom. The van der Waals surface area contributed by atoms with Crippen molar-refractivity contribution in [2.45, 2.75) is 5.60 Å². The van der Waals surface area contributed by atoms with Crippen LogP contribution in [0.5, 0.6) is 5.75 Å². The van der Waals surface area contributed by atoms with Crippen molar-refractivity contribution in [2.75, 3.05) is 46.0 Å². The molecule has 1 amide bonds. The number of aromatic hydroxyl groups is 1. The topological polar surface area (TPSA) is 76.0 Å². The summed E-state index contributed by atoms with van der Waals surface area (Å²) < 4.78 is 13.5. The zero-order valence-corrected chi connectivity index (χ0v) is 14.6. The van der Waals surface area contributed by atoms with E-state index in [4.69, 9.17) is 9.47 Å². The minimum atomic E-state index is -0.530. The van der Waals surface area contributed by atoms with Crippen LogP contribution < -0.4 is 5.32 Å². The van der Waals surface area contributed by atoms with Gasteiger partial charge in [-0.15, -0.1) is 0 Å². The van der Waals surface area contributed by atoms with Crippen LogP contribution in [0.25, 0.3) is 5.69 Å². The number of amides is 1. The SMILES string of the molecule is O=C(c1cc(-n2cccc2)ccc1O)N1CCOC2(CNCCOC2)C1. The molecular weight excluding hydrogens is 334 g/mol. The zero-order valence-electron chi connectivity index (χ0n) is 14.6. The third kappa shape index (κ3) is 3.33. The summed E-state index contributed by atoms with van der Waals surface area (Å²) in [5.74, 6) is -0.204. The Labute approximate surface area is 152 Å². The lowest BCUT2D eigenvalue weighted by atomic mass is 10.0. The van der Waals surface area contributed by atoms with Gasteiger partial charge in [0.25, 0.3) is 5.91 Å². The van der Waals surface area contributed by atoms with E-state index in [0.29, 0.717) is 45.0 Å². The second kappa shape index (κ2) is 7.11. The molecule has 0 radical (unpaired) electrons. The van der Waals surface area contributed by atoms with E-state index < -0.39 is 5.60 Å². The van der Waals surface area contributed by atoms with Crippen molar-refractivity contribution >= 4 is 5.91 Å². The van der Waals surface area contributed by atoms with Crippen molar-refractivity contribution in [2.24, 2.45) is 0 Å². The molecule has 0 saturated carbocycles. The van der Waals surface area contributed by atoms with Crippen molar-refractivity contribution < 1.29 is 19.4 Å². The molecule has 2 aromatic rings. The van der Waals surface area contributed by atoms with Crippen LogP contribution in [0.4, 0.5) is 0 Å². The van der Waals surface area contributed by atoms with E-state index in [0.717, 1.165) is 12.2 Å². The fraction of sp³-hybridized carbons (Fsp3) is 0.421. The maximum atomic E-state index is 13.1. The molecule has 4 rings (SSSR count). The maximum Gasteiger partial charge on any atom is 0.257 e. The number of benzene rings is 1. The first-order valence-electron chi connectivity index (χ1n) is 8.85. The number of carbonyl (C=O) groups is 1. The predicted molar refractivity (Wildman–Crippen MR) is 95.7 cm³/mol. The third-order valence-electron chi connectivity index (χ3n) is 4.88. The van der Waals surface area contributed by atoms with Gasteiger partial charge in [0.15, 0.2) is 0 Å². The Morgan fingerprint density at radius 2 is 2.08 bits per heavy atom. The summed E-state index contributed by atoms with van der Waals surface area (Å²) in [6.07, 6.45) is 3.80. The average molecular weight is 357 g/mol. The van der Waals surface area contributed by atoms with Crippen LogP contribution in [-0.4, -0.2) is 72.1 Å². The van der Waals surface area contributed by atoms with Gasteiger partial charge in [0, 0.05) is 37.7 Å². The van der Waals surface area contributed by atoms with Gasteiger partial charge in [-0.2, -0.15) is 0 Å². The van der Waals surface area contributed by atoms with Gasteiger partial charge in [0.1, 0.15) is 11.4 Å². The van der Waals surface area contributed by atoms with E-state index in [-0.39, 0.29) is 11.7 Å². The lowest BCUT2D eigenvalue weighted by molar-refractivity contribution is -0.125. The van der Waals surface area contributed by atoms with Crippen LogP contribution in [0, 0.1) is 0 Å². The summed E-state index contributed by atoms with van der Waals surface area (Å²) in [7, 11) is 0. The molecule has 0 aliphatic carbocycles. The number of carbonyl (C=O) groups excluding carboxylic acids is 1. The first-order valence-corrected chi connectivity index (χ1v) is 8.85. The Morgan fingerprint density at radius 3 is 2.92 bits per heavy atom. The van der Waals surface area contributed by atoms with Gasteiger partial charge >= 0.3 is 0 Å². The molecule has 1 unspecified atom stereocenters. The van der Waals surface area contributed by atoms with Gasteiger partial charge in [0.2, 0.25) is 0 Å². The summed E-state index contributed by atoms with van der Waals surface area (Å²) in [6.45, 7) is 3.90. The second-order valence-corrected chi connectivity index (χ2v) is 6.78. The molecule has 26 heavy (non-hydrogen) atoms. The molecule has 1 aromatic heterocycles. The molecule has 2 N–H and O–H groups in total. The summed E-state index contributed by atoms with van der Waals surface area (Å²) in [4.78, 5) is 14.8. The number of rotatable bonds is 2. The molecule has 0 bridgehead atoms. The second-order valence-electron chi connectivity index (χ2n) is 6.78. The lowest BCUT2D eigenvalue weighted by Gasteiger charge is -2.41. The highest BCUT2D eigenvalue weighted by Gasteiger charge is 2.40. The predicted octanol–water partition coefficient (Wildman–Crippen LogP) is 1.01. The highest BCUT2D eigenvalue weighted by atomic mass is 16.5. The Hall–Kier alpha value is -2.35. The molecule has 2 aliphatic rings. The van der Waals surface area contributed by atoms with Crippen LogP contribution in [0.1, 0.15) is 10.4 Å². The molecule has 3 heterocycles. The van der Waals surface area contributed by atoms with Gasteiger partial charge in [-0.1, -0.05) is 0 Å². The number of hydrogen-bond donors (Lipinski definition) is 2. The van der Waals surface area contributed by atoms with E-state index >= 15 is 0 Å². The number of morpholine rings is 1. The number of nitrogens with one attached hydrogen (secondary N) is 1. The smallest absolute Gasteiger partial charge is 0.257 e.